The number of carbonyl (C=O) groups excluding carboxylic acids is 1. The van der Waals surface area contributed by atoms with Gasteiger partial charge in [-0.2, -0.15) is 0 Å². The van der Waals surface area contributed by atoms with Gasteiger partial charge >= 0.3 is 6.03 Å². The Kier molecular flexibility index (Phi) is 10.6. The minimum atomic E-state index is -0.178. The monoisotopic (exact) mass is 553 g/mol. The predicted octanol–water partition coefficient (Wildman–Crippen LogP) is 6.70. The van der Waals surface area contributed by atoms with Crippen LogP contribution in [0.15, 0.2) is 36.4 Å². The van der Waals surface area contributed by atoms with Gasteiger partial charge in [0.2, 0.25) is 0 Å². The number of benzene rings is 2. The van der Waals surface area contributed by atoms with Crippen LogP contribution in [0.25, 0.3) is 10.9 Å². The molecule has 0 radical (unpaired) electrons. The molecule has 2 heterocycles. The number of fused-ring (bicyclic) bond motifs is 1. The molecule has 212 valence electrons. The highest BCUT2D eigenvalue weighted by Crippen LogP contribution is 2.40. The quantitative estimate of drug-likeness (QED) is 0.379. The van der Waals surface area contributed by atoms with Crippen molar-refractivity contribution in [3.8, 4) is 0 Å². The molecule has 2 amide bonds. The topological polar surface area (TPSA) is 67.8 Å². The van der Waals surface area contributed by atoms with E-state index in [1.165, 1.54) is 17.7 Å². The zero-order valence-electron chi connectivity index (χ0n) is 24.8. The summed E-state index contributed by atoms with van der Waals surface area (Å²) in [6.07, 6.45) is 2.36. The van der Waals surface area contributed by atoms with Gasteiger partial charge in [0.15, 0.2) is 0 Å². The Bertz CT molecular complexity index is 1250. The zero-order valence-corrected chi connectivity index (χ0v) is 25.5. The third kappa shape index (κ3) is 7.24. The molecule has 9 heteroatoms. The van der Waals surface area contributed by atoms with Crippen LogP contribution in [0, 0.1) is 0 Å². The van der Waals surface area contributed by atoms with E-state index >= 15 is 0 Å². The molecule has 5 rings (SSSR count). The molecule has 2 aromatic carbocycles. The average Bonchev–Trinajstić information content (AvgIpc) is 3.80. The Labute approximate surface area is 239 Å². The normalized spacial score (nSPS) is 14.6. The fraction of sp³-hybridized carbons (Fsp3) is 0.500. The summed E-state index contributed by atoms with van der Waals surface area (Å²) in [6, 6.07) is 12.0. The number of anilines is 4. The smallest absolute Gasteiger partial charge is 0.321 e. The summed E-state index contributed by atoms with van der Waals surface area (Å²) in [5.74, 6) is 2.51. The molecule has 1 aromatic heterocycles. The van der Waals surface area contributed by atoms with Crippen LogP contribution in [0.1, 0.15) is 52.3 Å². The number of hydrogen-bond acceptors (Lipinski definition) is 6. The van der Waals surface area contributed by atoms with Crippen LogP contribution in [0.3, 0.4) is 0 Å². The number of aromatic nitrogens is 2. The maximum atomic E-state index is 11.9. The highest BCUT2D eigenvalue weighted by Gasteiger charge is 2.29. The van der Waals surface area contributed by atoms with Crippen molar-refractivity contribution >= 4 is 51.4 Å². The van der Waals surface area contributed by atoms with Gasteiger partial charge in [-0.25, -0.2) is 14.8 Å². The van der Waals surface area contributed by atoms with E-state index in [-0.39, 0.29) is 6.03 Å². The van der Waals surface area contributed by atoms with Crippen LogP contribution < -0.4 is 20.0 Å². The molecule has 1 aliphatic heterocycles. The summed E-state index contributed by atoms with van der Waals surface area (Å²) < 4.78 is 0. The lowest BCUT2D eigenvalue weighted by Crippen LogP contribution is -2.47. The number of urea groups is 1. The molecule has 0 atom stereocenters. The largest absolute Gasteiger partial charge is 0.378 e. The molecular weight excluding hydrogens is 510 g/mol. The van der Waals surface area contributed by atoms with Crippen LogP contribution >= 0.6 is 11.6 Å². The Hall–Kier alpha value is -3.26. The van der Waals surface area contributed by atoms with E-state index in [2.05, 4.69) is 52.3 Å². The van der Waals surface area contributed by atoms with E-state index in [1.54, 1.807) is 14.1 Å². The average molecular weight is 554 g/mol. The summed E-state index contributed by atoms with van der Waals surface area (Å²) in [5.41, 5.74) is 3.83. The molecule has 1 aliphatic carbocycles. The summed E-state index contributed by atoms with van der Waals surface area (Å²) in [5, 5.41) is 4.59. The van der Waals surface area contributed by atoms with Crippen LogP contribution in [0.5, 0.6) is 0 Å². The van der Waals surface area contributed by atoms with E-state index in [1.807, 2.05) is 45.9 Å². The van der Waals surface area contributed by atoms with Gasteiger partial charge < -0.3 is 24.9 Å². The minimum Gasteiger partial charge on any atom is -0.378 e. The second kappa shape index (κ2) is 13.7. The third-order valence-corrected chi connectivity index (χ3v) is 6.96. The Morgan fingerprint density at radius 2 is 1.54 bits per heavy atom. The highest BCUT2D eigenvalue weighted by atomic mass is 35.5. The number of hydrogen-bond donors (Lipinski definition) is 1. The van der Waals surface area contributed by atoms with E-state index in [0.717, 1.165) is 60.1 Å². The van der Waals surface area contributed by atoms with Gasteiger partial charge in [-0.1, -0.05) is 39.3 Å². The highest BCUT2D eigenvalue weighted by molar-refractivity contribution is 6.33. The number of nitrogens with zero attached hydrogens (tertiary/aromatic N) is 6. The van der Waals surface area contributed by atoms with Gasteiger partial charge in [0.25, 0.3) is 0 Å². The SMILES string of the molecule is CC.CC.CN(C)C(=O)Nc1ccc(N2CCN(c3nc(C4CC4)nc4ccc(N(C)C)cc34)CC2)c(Cl)c1. The van der Waals surface area contributed by atoms with E-state index in [4.69, 9.17) is 21.6 Å². The minimum absolute atomic E-state index is 0.178. The van der Waals surface area contributed by atoms with Crippen LogP contribution in [-0.4, -0.2) is 75.3 Å². The summed E-state index contributed by atoms with van der Waals surface area (Å²) in [7, 11) is 7.53. The second-order valence-electron chi connectivity index (χ2n) is 9.74. The molecule has 0 unspecified atom stereocenters. The molecule has 1 saturated heterocycles. The molecule has 2 aliphatic rings. The van der Waals surface area contributed by atoms with Crippen LogP contribution in [0.4, 0.5) is 27.7 Å². The predicted molar refractivity (Wildman–Crippen MR) is 167 cm³/mol. The van der Waals surface area contributed by atoms with Gasteiger partial charge in [-0.3, -0.25) is 0 Å². The van der Waals surface area contributed by atoms with Crippen LogP contribution in [-0.2, 0) is 0 Å². The molecule has 0 bridgehead atoms. The van der Waals surface area contributed by atoms with E-state index in [0.29, 0.717) is 16.6 Å². The molecule has 3 aromatic rings. The molecule has 8 nitrogen and oxygen atoms in total. The maximum Gasteiger partial charge on any atom is 0.321 e. The Balaban J connectivity index is 0.00000100. The lowest BCUT2D eigenvalue weighted by molar-refractivity contribution is 0.230. The zero-order chi connectivity index (χ0) is 28.7. The Morgan fingerprint density at radius 3 is 2.10 bits per heavy atom. The summed E-state index contributed by atoms with van der Waals surface area (Å²) in [4.78, 5) is 30.2. The Morgan fingerprint density at radius 1 is 0.897 bits per heavy atom. The number of rotatable bonds is 5. The summed E-state index contributed by atoms with van der Waals surface area (Å²) in [6.45, 7) is 11.4. The van der Waals surface area contributed by atoms with Crippen molar-refractivity contribution in [3.05, 3.63) is 47.2 Å². The number of piperazine rings is 1. The van der Waals surface area contributed by atoms with Crippen molar-refractivity contribution in [2.75, 3.05) is 74.4 Å². The van der Waals surface area contributed by atoms with Crippen molar-refractivity contribution in [3.63, 3.8) is 0 Å². The number of carbonyl (C=O) groups is 1. The van der Waals surface area contributed by atoms with Gasteiger partial charge in [0.05, 0.1) is 16.2 Å². The van der Waals surface area contributed by atoms with Crippen molar-refractivity contribution in [2.24, 2.45) is 0 Å². The standard InChI is InChI=1S/C26H32ClN7O.2C2H6/c1-31(2)19-8-9-22-20(16-19)25(30-24(29-22)17-5-6-17)34-13-11-33(12-14-34)23-10-7-18(15-21(23)27)28-26(35)32(3)4;2*1-2/h7-10,15-17H,5-6,11-14H2,1-4H3,(H,28,35);2*1-2H3. The maximum absolute atomic E-state index is 11.9. The lowest BCUT2D eigenvalue weighted by atomic mass is 10.1. The number of amides is 2. The molecule has 39 heavy (non-hydrogen) atoms. The van der Waals surface area contributed by atoms with E-state index in [9.17, 15) is 4.79 Å². The van der Waals surface area contributed by atoms with Gasteiger partial charge in [-0.05, 0) is 49.2 Å². The molecule has 0 spiro atoms. The first-order valence-electron chi connectivity index (χ1n) is 14.1. The van der Waals surface area contributed by atoms with Crippen LogP contribution in [0.2, 0.25) is 5.02 Å². The molecule has 1 N–H and O–H groups in total. The van der Waals surface area contributed by atoms with Crippen molar-refractivity contribution < 1.29 is 4.79 Å². The van der Waals surface area contributed by atoms with Gasteiger partial charge in [0.1, 0.15) is 11.6 Å². The lowest BCUT2D eigenvalue weighted by Gasteiger charge is -2.37. The number of halogens is 1. The van der Waals surface area contributed by atoms with Crippen molar-refractivity contribution in [2.45, 2.75) is 46.5 Å². The van der Waals surface area contributed by atoms with Gasteiger partial charge in [0, 0.05) is 77.0 Å². The summed E-state index contributed by atoms with van der Waals surface area (Å²) >= 11 is 6.62. The van der Waals surface area contributed by atoms with Gasteiger partial charge in [-0.15, -0.1) is 0 Å². The number of nitrogens with one attached hydrogen (secondary N) is 1. The first kappa shape index (κ1) is 30.3. The van der Waals surface area contributed by atoms with Crippen molar-refractivity contribution in [1.82, 2.24) is 14.9 Å². The second-order valence-corrected chi connectivity index (χ2v) is 10.1. The third-order valence-electron chi connectivity index (χ3n) is 6.66. The first-order chi connectivity index (χ1) is 18.8. The first-order valence-corrected chi connectivity index (χ1v) is 14.4. The molecule has 1 saturated carbocycles. The van der Waals surface area contributed by atoms with E-state index < -0.39 is 0 Å². The fourth-order valence-corrected chi connectivity index (χ4v) is 4.70. The fourth-order valence-electron chi connectivity index (χ4n) is 4.40. The van der Waals surface area contributed by atoms with Crippen molar-refractivity contribution in [1.29, 1.82) is 0 Å². The molecular formula is C30H44ClN7O. The molecule has 2 fully saturated rings.